The van der Waals surface area contributed by atoms with Crippen LogP contribution in [0, 0.1) is 5.92 Å². The van der Waals surface area contributed by atoms with E-state index in [4.69, 9.17) is 4.84 Å². The van der Waals surface area contributed by atoms with Crippen LogP contribution in [0.15, 0.2) is 30.3 Å². The minimum atomic E-state index is -1.05. The molecule has 1 aliphatic heterocycles. The van der Waals surface area contributed by atoms with Gasteiger partial charge in [0.2, 0.25) is 23.6 Å². The third-order valence-corrected chi connectivity index (χ3v) is 7.03. The molecule has 4 N–H and O–H groups in total. The molecular formula is C29H41N5O8S. The molecule has 0 bridgehead atoms. The Morgan fingerprint density at radius 1 is 0.884 bits per heavy atom. The summed E-state index contributed by atoms with van der Waals surface area (Å²) in [6.45, 7) is 4.93. The van der Waals surface area contributed by atoms with Crippen LogP contribution in [-0.4, -0.2) is 83.2 Å². The predicted octanol–water partition coefficient (Wildman–Crippen LogP) is 0.616. The zero-order valence-corrected chi connectivity index (χ0v) is 25.8. The second kappa shape index (κ2) is 17.9. The SMILES string of the molecule is CSCC[C@H](NC(C)=O)C(=O)N[C@@H](CC(C)C)C(=O)N[C@@H](Cc1ccccc1)C(=O)NCCC(=O)ON1C(=O)CCC1=O. The fourth-order valence-corrected chi connectivity index (χ4v) is 4.74. The van der Waals surface area contributed by atoms with Gasteiger partial charge in [0, 0.05) is 32.7 Å². The van der Waals surface area contributed by atoms with Crippen molar-refractivity contribution in [2.75, 3.05) is 18.6 Å². The molecule has 1 fully saturated rings. The van der Waals surface area contributed by atoms with Crippen molar-refractivity contribution in [3.8, 4) is 0 Å². The molecule has 0 unspecified atom stereocenters. The van der Waals surface area contributed by atoms with E-state index in [1.54, 1.807) is 24.3 Å². The summed E-state index contributed by atoms with van der Waals surface area (Å²) in [4.78, 5) is 91.7. The first-order valence-electron chi connectivity index (χ1n) is 14.2. The van der Waals surface area contributed by atoms with Gasteiger partial charge in [0.1, 0.15) is 18.1 Å². The summed E-state index contributed by atoms with van der Waals surface area (Å²) in [5.41, 5.74) is 0.764. The molecular weight excluding hydrogens is 578 g/mol. The van der Waals surface area contributed by atoms with Gasteiger partial charge in [0.25, 0.3) is 11.8 Å². The van der Waals surface area contributed by atoms with Gasteiger partial charge < -0.3 is 26.1 Å². The molecule has 0 spiro atoms. The number of hydrogen-bond acceptors (Lipinski definition) is 9. The van der Waals surface area contributed by atoms with Crippen LogP contribution in [0.4, 0.5) is 0 Å². The highest BCUT2D eigenvalue weighted by Crippen LogP contribution is 2.13. The first-order valence-corrected chi connectivity index (χ1v) is 15.6. The third-order valence-electron chi connectivity index (χ3n) is 6.39. The topological polar surface area (TPSA) is 180 Å². The van der Waals surface area contributed by atoms with Crippen molar-refractivity contribution in [2.24, 2.45) is 5.92 Å². The van der Waals surface area contributed by atoms with E-state index in [0.29, 0.717) is 17.2 Å². The number of imide groups is 1. The Morgan fingerprint density at radius 2 is 1.49 bits per heavy atom. The number of nitrogens with zero attached hydrogens (tertiary/aromatic N) is 1. The minimum Gasteiger partial charge on any atom is -0.354 e. The van der Waals surface area contributed by atoms with E-state index in [1.807, 2.05) is 26.2 Å². The van der Waals surface area contributed by atoms with Gasteiger partial charge in [-0.2, -0.15) is 11.8 Å². The second-order valence-corrected chi connectivity index (χ2v) is 11.5. The van der Waals surface area contributed by atoms with Crippen LogP contribution in [0.2, 0.25) is 0 Å². The molecule has 0 radical (unpaired) electrons. The van der Waals surface area contributed by atoms with E-state index in [2.05, 4.69) is 21.3 Å². The predicted molar refractivity (Wildman–Crippen MR) is 159 cm³/mol. The lowest BCUT2D eigenvalue weighted by Crippen LogP contribution is -2.57. The van der Waals surface area contributed by atoms with E-state index in [1.165, 1.54) is 18.7 Å². The summed E-state index contributed by atoms with van der Waals surface area (Å²) >= 11 is 1.52. The molecule has 6 amide bonds. The molecule has 43 heavy (non-hydrogen) atoms. The quantitative estimate of drug-likeness (QED) is 0.182. The number of benzene rings is 1. The molecule has 14 heteroatoms. The Balaban J connectivity index is 2.10. The molecule has 2 rings (SSSR count). The molecule has 1 saturated heterocycles. The van der Waals surface area contributed by atoms with Crippen LogP contribution in [-0.2, 0) is 44.8 Å². The van der Waals surface area contributed by atoms with Gasteiger partial charge in [-0.1, -0.05) is 44.2 Å². The van der Waals surface area contributed by atoms with Crippen LogP contribution in [0.25, 0.3) is 0 Å². The van der Waals surface area contributed by atoms with Crippen molar-refractivity contribution in [3.05, 3.63) is 35.9 Å². The molecule has 0 aliphatic carbocycles. The van der Waals surface area contributed by atoms with Crippen LogP contribution >= 0.6 is 11.8 Å². The number of carbonyl (C=O) groups excluding carboxylic acids is 7. The maximum absolute atomic E-state index is 13.5. The zero-order valence-electron chi connectivity index (χ0n) is 25.0. The lowest BCUT2D eigenvalue weighted by molar-refractivity contribution is -0.197. The van der Waals surface area contributed by atoms with Crippen molar-refractivity contribution in [3.63, 3.8) is 0 Å². The monoisotopic (exact) mass is 619 g/mol. The summed E-state index contributed by atoms with van der Waals surface area (Å²) in [7, 11) is 0. The fraction of sp³-hybridized carbons (Fsp3) is 0.552. The average molecular weight is 620 g/mol. The maximum atomic E-state index is 13.5. The Morgan fingerprint density at radius 3 is 2.07 bits per heavy atom. The molecule has 1 aromatic rings. The second-order valence-electron chi connectivity index (χ2n) is 10.6. The highest BCUT2D eigenvalue weighted by molar-refractivity contribution is 7.98. The van der Waals surface area contributed by atoms with Crippen molar-refractivity contribution in [2.45, 2.75) is 77.4 Å². The summed E-state index contributed by atoms with van der Waals surface area (Å²) in [5, 5.41) is 11.1. The van der Waals surface area contributed by atoms with Crippen LogP contribution in [0.1, 0.15) is 58.4 Å². The maximum Gasteiger partial charge on any atom is 0.334 e. The number of amides is 6. The number of carbonyl (C=O) groups is 7. The number of hydrogen-bond donors (Lipinski definition) is 4. The minimum absolute atomic E-state index is 0.0169. The van der Waals surface area contributed by atoms with E-state index in [9.17, 15) is 33.6 Å². The number of rotatable bonds is 17. The van der Waals surface area contributed by atoms with E-state index < -0.39 is 53.6 Å². The third kappa shape index (κ3) is 12.4. The average Bonchev–Trinajstić information content (AvgIpc) is 3.26. The van der Waals surface area contributed by atoms with E-state index >= 15 is 0 Å². The van der Waals surface area contributed by atoms with Crippen molar-refractivity contribution in [1.82, 2.24) is 26.3 Å². The van der Waals surface area contributed by atoms with Gasteiger partial charge >= 0.3 is 5.97 Å². The molecule has 1 heterocycles. The molecule has 1 aromatic carbocycles. The molecule has 1 aliphatic rings. The van der Waals surface area contributed by atoms with E-state index in [-0.39, 0.29) is 50.5 Å². The molecule has 3 atom stereocenters. The summed E-state index contributed by atoms with van der Waals surface area (Å²) in [6, 6.07) is 6.15. The normalized spacial score (nSPS) is 15.0. The van der Waals surface area contributed by atoms with Crippen LogP contribution < -0.4 is 21.3 Å². The van der Waals surface area contributed by atoms with Crippen molar-refractivity contribution >= 4 is 53.2 Å². The summed E-state index contributed by atoms with van der Waals surface area (Å²) in [5.74, 6) is -3.47. The van der Waals surface area contributed by atoms with Gasteiger partial charge in [-0.3, -0.25) is 28.8 Å². The fourth-order valence-electron chi connectivity index (χ4n) is 4.27. The number of thioether (sulfide) groups is 1. The molecule has 13 nitrogen and oxygen atoms in total. The first kappa shape index (κ1) is 35.3. The van der Waals surface area contributed by atoms with Gasteiger partial charge in [-0.25, -0.2) is 4.79 Å². The van der Waals surface area contributed by atoms with Crippen LogP contribution in [0.3, 0.4) is 0 Å². The lowest BCUT2D eigenvalue weighted by atomic mass is 10.0. The number of hydroxylamine groups is 2. The van der Waals surface area contributed by atoms with E-state index in [0.717, 1.165) is 5.56 Å². The lowest BCUT2D eigenvalue weighted by Gasteiger charge is -2.26. The highest BCUT2D eigenvalue weighted by atomic mass is 32.2. The van der Waals surface area contributed by atoms with Gasteiger partial charge in [-0.15, -0.1) is 5.06 Å². The Bertz CT molecular complexity index is 1150. The largest absolute Gasteiger partial charge is 0.354 e. The first-order chi connectivity index (χ1) is 20.4. The van der Waals surface area contributed by atoms with Gasteiger partial charge in [0.15, 0.2) is 0 Å². The molecule has 0 saturated carbocycles. The Kier molecular flexibility index (Phi) is 14.7. The summed E-state index contributed by atoms with van der Waals surface area (Å²) in [6.07, 6.45) is 2.29. The van der Waals surface area contributed by atoms with Crippen molar-refractivity contribution < 1.29 is 38.4 Å². The van der Waals surface area contributed by atoms with Gasteiger partial charge in [0.05, 0.1) is 6.42 Å². The van der Waals surface area contributed by atoms with Crippen LogP contribution in [0.5, 0.6) is 0 Å². The smallest absolute Gasteiger partial charge is 0.334 e. The van der Waals surface area contributed by atoms with Crippen molar-refractivity contribution in [1.29, 1.82) is 0 Å². The standard InChI is InChI=1S/C29H41N5O8S/c1-18(2)16-22(32-28(40)21(13-15-43-4)31-19(3)35)29(41)33-23(17-20-8-6-5-7-9-20)27(39)30-14-12-26(38)42-34-24(36)10-11-25(34)37/h5-9,18,21-23H,10-17H2,1-4H3,(H,30,39)(H,31,35)(H,32,40)(H,33,41)/t21-,22-,23-/m0/s1. The number of nitrogens with one attached hydrogen (secondary N) is 4. The zero-order chi connectivity index (χ0) is 31.9. The summed E-state index contributed by atoms with van der Waals surface area (Å²) < 4.78 is 0. The Hall–Kier alpha value is -3.94. The highest BCUT2D eigenvalue weighted by Gasteiger charge is 2.33. The van der Waals surface area contributed by atoms with Gasteiger partial charge in [-0.05, 0) is 36.3 Å². The Labute approximate surface area is 255 Å². The molecule has 236 valence electrons. The molecule has 0 aromatic heterocycles.